The molecule has 1 fully saturated rings. The molecule has 0 aromatic heterocycles. The predicted octanol–water partition coefficient (Wildman–Crippen LogP) is 2.03. The minimum Gasteiger partial charge on any atom is -0.363 e. The van der Waals surface area contributed by atoms with Gasteiger partial charge in [-0.25, -0.2) is 0 Å². The van der Waals surface area contributed by atoms with Crippen molar-refractivity contribution >= 4 is 5.69 Å². The molecular formula is C15H18N4. The largest absolute Gasteiger partial charge is 0.363 e. The van der Waals surface area contributed by atoms with Gasteiger partial charge in [0.25, 0.3) is 0 Å². The van der Waals surface area contributed by atoms with Crippen molar-refractivity contribution in [2.75, 3.05) is 18.0 Å². The van der Waals surface area contributed by atoms with Gasteiger partial charge >= 0.3 is 0 Å². The lowest BCUT2D eigenvalue weighted by Crippen LogP contribution is -2.62. The Kier molecular flexibility index (Phi) is 3.74. The first kappa shape index (κ1) is 13.4. The molecule has 1 aromatic carbocycles. The van der Waals surface area contributed by atoms with Crippen molar-refractivity contribution < 1.29 is 0 Å². The van der Waals surface area contributed by atoms with E-state index in [-0.39, 0.29) is 11.6 Å². The Morgan fingerprint density at radius 1 is 1.42 bits per heavy atom. The van der Waals surface area contributed by atoms with Crippen molar-refractivity contribution in [1.82, 2.24) is 5.32 Å². The second-order valence-electron chi connectivity index (χ2n) is 5.53. The summed E-state index contributed by atoms with van der Waals surface area (Å²) in [6.45, 7) is 5.95. The second-order valence-corrected chi connectivity index (χ2v) is 5.53. The number of nitriles is 2. The van der Waals surface area contributed by atoms with E-state index in [2.05, 4.69) is 36.2 Å². The van der Waals surface area contributed by atoms with Crippen LogP contribution in [0.15, 0.2) is 24.3 Å². The van der Waals surface area contributed by atoms with Crippen LogP contribution in [0.3, 0.4) is 0 Å². The van der Waals surface area contributed by atoms with Crippen LogP contribution >= 0.6 is 0 Å². The highest BCUT2D eigenvalue weighted by Gasteiger charge is 2.33. The van der Waals surface area contributed by atoms with E-state index in [0.717, 1.165) is 18.8 Å². The Morgan fingerprint density at radius 3 is 2.89 bits per heavy atom. The van der Waals surface area contributed by atoms with Gasteiger partial charge in [-0.1, -0.05) is 6.07 Å². The number of piperazine rings is 1. The van der Waals surface area contributed by atoms with Crippen molar-refractivity contribution in [1.29, 1.82) is 10.5 Å². The van der Waals surface area contributed by atoms with Gasteiger partial charge in [0.1, 0.15) is 0 Å². The summed E-state index contributed by atoms with van der Waals surface area (Å²) in [5.74, 6) is 0. The zero-order chi connectivity index (χ0) is 13.9. The Labute approximate surface area is 114 Å². The highest BCUT2D eigenvalue weighted by Crippen LogP contribution is 2.27. The van der Waals surface area contributed by atoms with Crippen molar-refractivity contribution in [2.45, 2.75) is 31.8 Å². The number of anilines is 1. The molecule has 0 bridgehead atoms. The maximum Gasteiger partial charge on any atom is 0.0992 e. The third-order valence-corrected chi connectivity index (χ3v) is 3.58. The zero-order valence-electron chi connectivity index (χ0n) is 11.3. The van der Waals surface area contributed by atoms with Crippen LogP contribution in [0.2, 0.25) is 0 Å². The van der Waals surface area contributed by atoms with E-state index >= 15 is 0 Å². The molecule has 4 nitrogen and oxygen atoms in total. The van der Waals surface area contributed by atoms with E-state index in [1.54, 1.807) is 0 Å². The number of nitrogens with one attached hydrogen (secondary N) is 1. The smallest absolute Gasteiger partial charge is 0.0992 e. The van der Waals surface area contributed by atoms with E-state index in [1.807, 2.05) is 24.3 Å². The highest BCUT2D eigenvalue weighted by molar-refractivity contribution is 5.54. The maximum atomic E-state index is 9.00. The summed E-state index contributed by atoms with van der Waals surface area (Å²) < 4.78 is 0. The molecular weight excluding hydrogens is 236 g/mol. The minimum atomic E-state index is -0.0277. The molecule has 0 aliphatic carbocycles. The summed E-state index contributed by atoms with van der Waals surface area (Å²) in [5.41, 5.74) is 1.69. The maximum absolute atomic E-state index is 9.00. The number of hydrogen-bond donors (Lipinski definition) is 1. The van der Waals surface area contributed by atoms with Crippen LogP contribution in [-0.4, -0.2) is 24.7 Å². The number of hydrogen-bond acceptors (Lipinski definition) is 4. The molecule has 4 heteroatoms. The summed E-state index contributed by atoms with van der Waals surface area (Å²) in [7, 11) is 0. The number of nitrogens with zero attached hydrogens (tertiary/aromatic N) is 3. The van der Waals surface area contributed by atoms with Gasteiger partial charge < -0.3 is 10.2 Å². The van der Waals surface area contributed by atoms with Crippen LogP contribution in [0.5, 0.6) is 0 Å². The summed E-state index contributed by atoms with van der Waals surface area (Å²) in [6.07, 6.45) is 0.504. The number of rotatable bonds is 2. The van der Waals surface area contributed by atoms with Crippen LogP contribution in [0.1, 0.15) is 25.8 Å². The van der Waals surface area contributed by atoms with Crippen molar-refractivity contribution in [3.05, 3.63) is 29.8 Å². The summed E-state index contributed by atoms with van der Waals surface area (Å²) in [5, 5.41) is 21.2. The fourth-order valence-corrected chi connectivity index (χ4v) is 2.47. The average Bonchev–Trinajstić information content (AvgIpc) is 2.41. The Bertz CT molecular complexity index is 536. The molecule has 1 N–H and O–H groups in total. The van der Waals surface area contributed by atoms with Crippen LogP contribution in [-0.2, 0) is 0 Å². The molecule has 1 atom stereocenters. The van der Waals surface area contributed by atoms with Gasteiger partial charge in [-0.3, -0.25) is 0 Å². The molecule has 0 amide bonds. The monoisotopic (exact) mass is 254 g/mol. The van der Waals surface area contributed by atoms with Gasteiger partial charge in [0, 0.05) is 30.4 Å². The molecule has 1 aliphatic heterocycles. The lowest BCUT2D eigenvalue weighted by atomic mass is 9.95. The number of benzene rings is 1. The third kappa shape index (κ3) is 2.86. The van der Waals surface area contributed by atoms with Crippen LogP contribution in [0.4, 0.5) is 5.69 Å². The quantitative estimate of drug-likeness (QED) is 0.877. The van der Waals surface area contributed by atoms with Crippen LogP contribution in [0, 0.1) is 22.7 Å². The standard InChI is InChI=1S/C15H18N4/c1-15(2)11-18-13(6-7-16)10-19(15)14-5-3-4-12(8-14)9-17/h3-5,8,13,18H,6,10-11H2,1-2H3. The van der Waals surface area contributed by atoms with Gasteiger partial charge in [-0.05, 0) is 32.0 Å². The SMILES string of the molecule is CC1(C)CNC(CC#N)CN1c1cccc(C#N)c1. The van der Waals surface area contributed by atoms with Crippen molar-refractivity contribution in [3.8, 4) is 12.1 Å². The zero-order valence-corrected chi connectivity index (χ0v) is 11.3. The van der Waals surface area contributed by atoms with Gasteiger partial charge in [0.05, 0.1) is 24.1 Å². The van der Waals surface area contributed by atoms with E-state index in [1.165, 1.54) is 0 Å². The molecule has 0 spiro atoms. The van der Waals surface area contributed by atoms with Gasteiger partial charge in [0.2, 0.25) is 0 Å². The molecule has 1 unspecified atom stereocenters. The van der Waals surface area contributed by atoms with Gasteiger partial charge in [0.15, 0.2) is 0 Å². The van der Waals surface area contributed by atoms with Crippen molar-refractivity contribution in [2.24, 2.45) is 0 Å². The molecule has 1 aromatic rings. The lowest BCUT2D eigenvalue weighted by molar-refractivity contribution is 0.325. The van der Waals surface area contributed by atoms with Crippen molar-refractivity contribution in [3.63, 3.8) is 0 Å². The Morgan fingerprint density at radius 2 is 2.21 bits per heavy atom. The van der Waals surface area contributed by atoms with Gasteiger partial charge in [-0.2, -0.15) is 10.5 Å². The normalized spacial score (nSPS) is 21.5. The summed E-state index contributed by atoms with van der Waals surface area (Å²) >= 11 is 0. The van der Waals surface area contributed by atoms with E-state index in [0.29, 0.717) is 12.0 Å². The van der Waals surface area contributed by atoms with Crippen LogP contribution < -0.4 is 10.2 Å². The highest BCUT2D eigenvalue weighted by atomic mass is 15.3. The van der Waals surface area contributed by atoms with E-state index < -0.39 is 0 Å². The Hall–Kier alpha value is -2.04. The molecule has 19 heavy (non-hydrogen) atoms. The topological polar surface area (TPSA) is 62.9 Å². The third-order valence-electron chi connectivity index (χ3n) is 3.58. The van der Waals surface area contributed by atoms with E-state index in [9.17, 15) is 0 Å². The Balaban J connectivity index is 2.28. The second kappa shape index (κ2) is 5.30. The first-order chi connectivity index (χ1) is 9.06. The fraction of sp³-hybridized carbons (Fsp3) is 0.467. The molecule has 1 aliphatic rings. The first-order valence-corrected chi connectivity index (χ1v) is 6.45. The van der Waals surface area contributed by atoms with Gasteiger partial charge in [-0.15, -0.1) is 0 Å². The minimum absolute atomic E-state index is 0.0277. The molecule has 0 saturated carbocycles. The van der Waals surface area contributed by atoms with Crippen LogP contribution in [0.25, 0.3) is 0 Å². The molecule has 1 heterocycles. The predicted molar refractivity (Wildman–Crippen MR) is 74.6 cm³/mol. The van der Waals surface area contributed by atoms with E-state index in [4.69, 9.17) is 10.5 Å². The fourth-order valence-electron chi connectivity index (χ4n) is 2.47. The summed E-state index contributed by atoms with van der Waals surface area (Å²) in [6, 6.07) is 12.2. The lowest BCUT2D eigenvalue weighted by Gasteiger charge is -2.47. The molecule has 98 valence electrons. The molecule has 0 radical (unpaired) electrons. The average molecular weight is 254 g/mol. The molecule has 2 rings (SSSR count). The molecule has 1 saturated heterocycles. The summed E-state index contributed by atoms with van der Waals surface area (Å²) in [4.78, 5) is 2.28. The first-order valence-electron chi connectivity index (χ1n) is 6.45.